The van der Waals surface area contributed by atoms with E-state index in [0.717, 1.165) is 30.7 Å². The molecule has 0 unspecified atom stereocenters. The van der Waals surface area contributed by atoms with Crippen LogP contribution < -0.4 is 10.6 Å². The van der Waals surface area contributed by atoms with Crippen molar-refractivity contribution in [2.45, 2.75) is 19.8 Å². The number of aromatic nitrogens is 2. The Morgan fingerprint density at radius 1 is 1.21 bits per heavy atom. The molecule has 0 radical (unpaired) electrons. The molecule has 5 nitrogen and oxygen atoms in total. The maximum atomic E-state index is 12.3. The molecule has 3 rings (SSSR count). The van der Waals surface area contributed by atoms with Gasteiger partial charge in [-0.15, -0.1) is 0 Å². The number of H-pyrrole nitrogens is 1. The number of nitrogens with zero attached hydrogens (tertiary/aromatic N) is 1. The van der Waals surface area contributed by atoms with Gasteiger partial charge in [-0.1, -0.05) is 25.1 Å². The van der Waals surface area contributed by atoms with E-state index in [1.165, 1.54) is 10.9 Å². The summed E-state index contributed by atoms with van der Waals surface area (Å²) in [6.07, 6.45) is 5.48. The van der Waals surface area contributed by atoms with E-state index in [1.807, 2.05) is 18.3 Å². The van der Waals surface area contributed by atoms with Gasteiger partial charge >= 0.3 is 0 Å². The number of hydrogen-bond donors (Lipinski definition) is 3. The van der Waals surface area contributed by atoms with Crippen molar-refractivity contribution in [3.05, 3.63) is 59.9 Å². The summed E-state index contributed by atoms with van der Waals surface area (Å²) in [6.45, 7) is 3.54. The number of carbonyl (C=O) groups excluding carboxylic acids is 1. The maximum Gasteiger partial charge on any atom is 0.251 e. The third-order valence-corrected chi connectivity index (χ3v) is 3.93. The van der Waals surface area contributed by atoms with E-state index in [-0.39, 0.29) is 5.91 Å². The third-order valence-electron chi connectivity index (χ3n) is 3.93. The topological polar surface area (TPSA) is 69.8 Å². The Hall–Kier alpha value is -2.82. The number of hydrogen-bond acceptors (Lipinski definition) is 3. The van der Waals surface area contributed by atoms with Crippen LogP contribution in [0.1, 0.15) is 29.3 Å². The lowest BCUT2D eigenvalue weighted by Gasteiger charge is -2.07. The van der Waals surface area contributed by atoms with Crippen LogP contribution in [0.3, 0.4) is 0 Å². The fourth-order valence-electron chi connectivity index (χ4n) is 2.67. The Labute approximate surface area is 141 Å². The van der Waals surface area contributed by atoms with Crippen LogP contribution >= 0.6 is 0 Å². The predicted octanol–water partition coefficient (Wildman–Crippen LogP) is 3.36. The van der Waals surface area contributed by atoms with Gasteiger partial charge in [0.25, 0.3) is 5.91 Å². The molecule has 5 heteroatoms. The minimum Gasteiger partial charge on any atom is -0.370 e. The van der Waals surface area contributed by atoms with E-state index < -0.39 is 0 Å². The highest BCUT2D eigenvalue weighted by Gasteiger charge is 2.08. The first-order valence-corrected chi connectivity index (χ1v) is 8.31. The summed E-state index contributed by atoms with van der Waals surface area (Å²) in [5.41, 5.74) is 2.97. The molecule has 0 aliphatic heterocycles. The highest BCUT2D eigenvalue weighted by molar-refractivity contribution is 5.94. The smallest absolute Gasteiger partial charge is 0.251 e. The van der Waals surface area contributed by atoms with Crippen molar-refractivity contribution in [2.24, 2.45) is 0 Å². The molecule has 24 heavy (non-hydrogen) atoms. The summed E-state index contributed by atoms with van der Waals surface area (Å²) in [7, 11) is 0. The number of carbonyl (C=O) groups is 1. The largest absolute Gasteiger partial charge is 0.370 e. The van der Waals surface area contributed by atoms with Gasteiger partial charge in [-0.25, -0.2) is 4.98 Å². The van der Waals surface area contributed by atoms with Gasteiger partial charge in [0.05, 0.1) is 0 Å². The average molecular weight is 322 g/mol. The number of rotatable bonds is 7. The van der Waals surface area contributed by atoms with E-state index >= 15 is 0 Å². The van der Waals surface area contributed by atoms with Crippen molar-refractivity contribution in [3.8, 4) is 0 Å². The molecular weight excluding hydrogens is 300 g/mol. The summed E-state index contributed by atoms with van der Waals surface area (Å²) < 4.78 is 0. The van der Waals surface area contributed by atoms with Crippen molar-refractivity contribution in [2.75, 3.05) is 18.4 Å². The van der Waals surface area contributed by atoms with E-state index in [9.17, 15) is 4.79 Å². The second-order valence-electron chi connectivity index (χ2n) is 5.72. The molecule has 124 valence electrons. The lowest BCUT2D eigenvalue weighted by molar-refractivity contribution is 0.0954. The van der Waals surface area contributed by atoms with Crippen molar-refractivity contribution < 1.29 is 4.79 Å². The van der Waals surface area contributed by atoms with Gasteiger partial charge in [0.1, 0.15) is 5.82 Å². The molecule has 3 N–H and O–H groups in total. The summed E-state index contributed by atoms with van der Waals surface area (Å²) >= 11 is 0. The second kappa shape index (κ2) is 7.64. The number of aromatic amines is 1. The van der Waals surface area contributed by atoms with Crippen LogP contribution in [-0.2, 0) is 6.42 Å². The average Bonchev–Trinajstić information content (AvgIpc) is 3.03. The molecule has 2 heterocycles. The molecule has 0 saturated carbocycles. The Balaban J connectivity index is 1.57. The lowest BCUT2D eigenvalue weighted by atomic mass is 10.1. The fourth-order valence-corrected chi connectivity index (χ4v) is 2.67. The third kappa shape index (κ3) is 3.74. The molecule has 0 aliphatic carbocycles. The fraction of sp³-hybridized carbons (Fsp3) is 0.263. The predicted molar refractivity (Wildman–Crippen MR) is 97.4 cm³/mol. The van der Waals surface area contributed by atoms with Crippen LogP contribution in [0.5, 0.6) is 0 Å². The zero-order chi connectivity index (χ0) is 16.8. The monoisotopic (exact) mass is 322 g/mol. The standard InChI is InChI=1S/C19H22N4O/c1-2-9-20-18-12-14(7-10-21-18)19(24)22-11-8-15-13-23-17-6-4-3-5-16(15)17/h3-7,10,12-13,23H,2,8-9,11H2,1H3,(H,20,21)(H,22,24). The van der Waals surface area contributed by atoms with Crippen LogP contribution in [0.25, 0.3) is 10.9 Å². The van der Waals surface area contributed by atoms with Crippen LogP contribution in [0.4, 0.5) is 5.82 Å². The normalized spacial score (nSPS) is 10.7. The quantitative estimate of drug-likeness (QED) is 0.625. The van der Waals surface area contributed by atoms with Gasteiger partial charge < -0.3 is 15.6 Å². The van der Waals surface area contributed by atoms with Crippen LogP contribution in [-0.4, -0.2) is 29.0 Å². The minimum absolute atomic E-state index is 0.0724. The molecule has 2 aromatic heterocycles. The molecule has 3 aromatic rings. The summed E-state index contributed by atoms with van der Waals surface area (Å²) in [4.78, 5) is 19.8. The van der Waals surface area contributed by atoms with Crippen LogP contribution in [0.15, 0.2) is 48.8 Å². The molecule has 0 aliphatic rings. The Morgan fingerprint density at radius 3 is 2.96 bits per heavy atom. The Kier molecular flexibility index (Phi) is 5.11. The van der Waals surface area contributed by atoms with Gasteiger partial charge in [0.15, 0.2) is 0 Å². The maximum absolute atomic E-state index is 12.3. The molecule has 1 aromatic carbocycles. The van der Waals surface area contributed by atoms with Gasteiger partial charge in [0, 0.05) is 41.9 Å². The first-order chi connectivity index (χ1) is 11.8. The van der Waals surface area contributed by atoms with E-state index in [2.05, 4.69) is 39.7 Å². The lowest BCUT2D eigenvalue weighted by Crippen LogP contribution is -2.25. The molecule has 0 spiro atoms. The van der Waals surface area contributed by atoms with E-state index in [0.29, 0.717) is 12.1 Å². The number of pyridine rings is 1. The summed E-state index contributed by atoms with van der Waals surface area (Å²) in [6, 6.07) is 11.7. The number of anilines is 1. The number of nitrogens with one attached hydrogen (secondary N) is 3. The van der Waals surface area contributed by atoms with Crippen LogP contribution in [0.2, 0.25) is 0 Å². The molecule has 0 bridgehead atoms. The number of benzene rings is 1. The molecule has 1 amide bonds. The second-order valence-corrected chi connectivity index (χ2v) is 5.72. The van der Waals surface area contributed by atoms with Crippen molar-refractivity contribution in [1.82, 2.24) is 15.3 Å². The minimum atomic E-state index is -0.0724. The van der Waals surface area contributed by atoms with Crippen molar-refractivity contribution >= 4 is 22.6 Å². The SMILES string of the molecule is CCCNc1cc(C(=O)NCCc2c[nH]c3ccccc23)ccn1. The van der Waals surface area contributed by atoms with Crippen molar-refractivity contribution in [3.63, 3.8) is 0 Å². The highest BCUT2D eigenvalue weighted by Crippen LogP contribution is 2.17. The van der Waals surface area contributed by atoms with E-state index in [4.69, 9.17) is 0 Å². The number of fused-ring (bicyclic) bond motifs is 1. The van der Waals surface area contributed by atoms with Crippen LogP contribution in [0, 0.1) is 0 Å². The Bertz CT molecular complexity index is 825. The molecular formula is C19H22N4O. The van der Waals surface area contributed by atoms with Gasteiger partial charge in [-0.05, 0) is 36.6 Å². The summed E-state index contributed by atoms with van der Waals surface area (Å²) in [5, 5.41) is 7.38. The molecule has 0 fully saturated rings. The number of para-hydroxylation sites is 1. The molecule has 0 saturated heterocycles. The first kappa shape index (κ1) is 16.1. The number of amides is 1. The van der Waals surface area contributed by atoms with Crippen molar-refractivity contribution in [1.29, 1.82) is 0 Å². The van der Waals surface area contributed by atoms with Gasteiger partial charge in [-0.3, -0.25) is 4.79 Å². The molecule has 0 atom stereocenters. The van der Waals surface area contributed by atoms with E-state index in [1.54, 1.807) is 18.3 Å². The van der Waals surface area contributed by atoms with Gasteiger partial charge in [0.2, 0.25) is 0 Å². The first-order valence-electron chi connectivity index (χ1n) is 8.31. The zero-order valence-corrected chi connectivity index (χ0v) is 13.8. The Morgan fingerprint density at radius 2 is 2.08 bits per heavy atom. The zero-order valence-electron chi connectivity index (χ0n) is 13.8. The summed E-state index contributed by atoms with van der Waals surface area (Å²) in [5.74, 6) is 0.665. The van der Waals surface area contributed by atoms with Gasteiger partial charge in [-0.2, -0.15) is 0 Å². The highest BCUT2D eigenvalue weighted by atomic mass is 16.1.